The van der Waals surface area contributed by atoms with Gasteiger partial charge in [0, 0.05) is 23.7 Å². The Bertz CT molecular complexity index is 1680. The van der Waals surface area contributed by atoms with Crippen molar-refractivity contribution < 1.29 is 18.5 Å². The van der Waals surface area contributed by atoms with Crippen LogP contribution in [0.2, 0.25) is 0 Å². The van der Waals surface area contributed by atoms with Gasteiger partial charge in [-0.25, -0.2) is 4.79 Å². The predicted octanol–water partition coefficient (Wildman–Crippen LogP) is 3.49. The first-order valence-corrected chi connectivity index (χ1v) is 10.3. The van der Waals surface area contributed by atoms with Crippen molar-refractivity contribution in [2.24, 2.45) is 7.05 Å². The zero-order valence-corrected chi connectivity index (χ0v) is 18.2. The molecule has 3 aromatic heterocycles. The summed E-state index contributed by atoms with van der Waals surface area (Å²) in [6.45, 7) is 0. The highest BCUT2D eigenvalue weighted by Gasteiger charge is 2.18. The first-order valence-electron chi connectivity index (χ1n) is 10.3. The number of aryl methyl sites for hydroxylation is 1. The van der Waals surface area contributed by atoms with Gasteiger partial charge in [0.2, 0.25) is 0 Å². The first kappa shape index (κ1) is 21.5. The molecule has 35 heavy (non-hydrogen) atoms. The van der Waals surface area contributed by atoms with Gasteiger partial charge in [-0.15, -0.1) is 0 Å². The van der Waals surface area contributed by atoms with Crippen LogP contribution in [-0.2, 0) is 7.05 Å². The molecule has 0 fully saturated rings. The van der Waals surface area contributed by atoms with E-state index < -0.39 is 11.7 Å². The van der Waals surface area contributed by atoms with Crippen molar-refractivity contribution in [3.8, 4) is 17.5 Å². The lowest BCUT2D eigenvalue weighted by Crippen LogP contribution is -2.16. The van der Waals surface area contributed by atoms with E-state index in [2.05, 4.69) is 25.3 Å². The number of furan rings is 1. The summed E-state index contributed by atoms with van der Waals surface area (Å²) in [5, 5.41) is 19.2. The third kappa shape index (κ3) is 4.07. The molecule has 2 aromatic carbocycles. The van der Waals surface area contributed by atoms with Crippen LogP contribution in [0.25, 0.3) is 22.3 Å². The molecule has 11 heteroatoms. The Labute approximate surface area is 196 Å². The van der Waals surface area contributed by atoms with E-state index in [1.54, 1.807) is 54.1 Å². The third-order valence-electron chi connectivity index (χ3n) is 5.37. The summed E-state index contributed by atoms with van der Waals surface area (Å²) in [6, 6.07) is 16.7. The standard InChI is InChI=1S/C24H16N6O5/c1-30-18-11-15(26-23(32)20-3-2-8-34-20)6-5-14(18)10-19(30)22(31)27-17-7-4-13(12-25)9-16(17)21-28-24(33)35-29-21/h2-11H,1H3,(H,26,32)(H,27,31)(H,28,29,33). The van der Waals surface area contributed by atoms with Gasteiger partial charge in [0.25, 0.3) is 11.8 Å². The van der Waals surface area contributed by atoms with Crippen LogP contribution in [0.15, 0.2) is 74.6 Å². The molecule has 172 valence electrons. The lowest BCUT2D eigenvalue weighted by atomic mass is 10.1. The van der Waals surface area contributed by atoms with Crippen molar-refractivity contribution in [2.75, 3.05) is 10.6 Å². The van der Waals surface area contributed by atoms with Gasteiger partial charge in [-0.3, -0.25) is 19.1 Å². The van der Waals surface area contributed by atoms with Crippen molar-refractivity contribution in [1.82, 2.24) is 14.7 Å². The molecule has 5 rings (SSSR count). The summed E-state index contributed by atoms with van der Waals surface area (Å²) in [7, 11) is 1.73. The number of carbonyl (C=O) groups excluding carboxylic acids is 2. The van der Waals surface area contributed by atoms with Gasteiger partial charge in [-0.2, -0.15) is 5.26 Å². The number of anilines is 2. The average Bonchev–Trinajstić information content (AvgIpc) is 3.60. The fourth-order valence-corrected chi connectivity index (χ4v) is 3.68. The van der Waals surface area contributed by atoms with Gasteiger partial charge >= 0.3 is 5.76 Å². The van der Waals surface area contributed by atoms with Crippen LogP contribution in [0, 0.1) is 11.3 Å². The van der Waals surface area contributed by atoms with Gasteiger partial charge in [0.05, 0.1) is 29.1 Å². The van der Waals surface area contributed by atoms with E-state index in [0.29, 0.717) is 33.7 Å². The molecule has 0 spiro atoms. The fraction of sp³-hybridized carbons (Fsp3) is 0.0417. The van der Waals surface area contributed by atoms with Gasteiger partial charge in [0.1, 0.15) is 5.69 Å². The molecule has 3 heterocycles. The molecule has 2 amide bonds. The number of hydrogen-bond acceptors (Lipinski definition) is 7. The summed E-state index contributed by atoms with van der Waals surface area (Å²) in [5.41, 5.74) is 2.57. The van der Waals surface area contributed by atoms with E-state index in [9.17, 15) is 19.6 Å². The lowest BCUT2D eigenvalue weighted by Gasteiger charge is -2.10. The van der Waals surface area contributed by atoms with Crippen LogP contribution in [0.4, 0.5) is 11.4 Å². The molecule has 0 aliphatic heterocycles. The van der Waals surface area contributed by atoms with Crippen LogP contribution in [0.1, 0.15) is 26.6 Å². The summed E-state index contributed by atoms with van der Waals surface area (Å²) < 4.78 is 11.4. The van der Waals surface area contributed by atoms with E-state index in [1.165, 1.54) is 18.4 Å². The molecular formula is C24H16N6O5. The SMILES string of the molecule is Cn1c(C(=O)Nc2ccc(C#N)cc2-c2noc(=O)[nH]2)cc2ccc(NC(=O)c3ccco3)cc21. The Hall–Kier alpha value is -5.37. The highest BCUT2D eigenvalue weighted by molar-refractivity contribution is 6.08. The van der Waals surface area contributed by atoms with E-state index in [-0.39, 0.29) is 17.5 Å². The predicted molar refractivity (Wildman–Crippen MR) is 125 cm³/mol. The molecule has 0 aliphatic carbocycles. The van der Waals surface area contributed by atoms with E-state index in [0.717, 1.165) is 5.39 Å². The van der Waals surface area contributed by atoms with Crippen molar-refractivity contribution in [3.63, 3.8) is 0 Å². The summed E-state index contributed by atoms with van der Waals surface area (Å²) in [5.74, 6) is -1.31. The molecule has 0 atom stereocenters. The molecule has 0 aliphatic rings. The quantitative estimate of drug-likeness (QED) is 0.356. The second kappa shape index (κ2) is 8.53. The maximum absolute atomic E-state index is 13.2. The lowest BCUT2D eigenvalue weighted by molar-refractivity contribution is 0.0994. The third-order valence-corrected chi connectivity index (χ3v) is 5.37. The molecule has 0 radical (unpaired) electrons. The zero-order chi connectivity index (χ0) is 24.5. The minimum absolute atomic E-state index is 0.0800. The van der Waals surface area contributed by atoms with Crippen LogP contribution < -0.4 is 16.4 Å². The van der Waals surface area contributed by atoms with E-state index in [1.807, 2.05) is 6.07 Å². The summed E-state index contributed by atoms with van der Waals surface area (Å²) in [4.78, 5) is 39.3. The highest BCUT2D eigenvalue weighted by atomic mass is 16.5. The maximum atomic E-state index is 13.2. The number of benzene rings is 2. The number of rotatable bonds is 5. The monoisotopic (exact) mass is 468 g/mol. The van der Waals surface area contributed by atoms with Gasteiger partial charge in [-0.05, 0) is 48.5 Å². The van der Waals surface area contributed by atoms with Crippen LogP contribution in [-0.4, -0.2) is 26.5 Å². The van der Waals surface area contributed by atoms with Crippen LogP contribution >= 0.6 is 0 Å². The number of carbonyl (C=O) groups is 2. The number of nitriles is 1. The van der Waals surface area contributed by atoms with Gasteiger partial charge < -0.3 is 19.6 Å². The normalized spacial score (nSPS) is 10.7. The molecule has 0 bridgehead atoms. The molecule has 3 N–H and O–H groups in total. The smallest absolute Gasteiger partial charge is 0.439 e. The molecular weight excluding hydrogens is 452 g/mol. The van der Waals surface area contributed by atoms with Gasteiger partial charge in [0.15, 0.2) is 11.6 Å². The first-order chi connectivity index (χ1) is 16.9. The molecule has 5 aromatic rings. The molecule has 0 saturated carbocycles. The van der Waals surface area contributed by atoms with Crippen molar-refractivity contribution >= 4 is 34.1 Å². The number of amides is 2. The number of aromatic nitrogens is 3. The van der Waals surface area contributed by atoms with Crippen molar-refractivity contribution in [3.05, 3.63) is 88.4 Å². The number of aromatic amines is 1. The van der Waals surface area contributed by atoms with E-state index >= 15 is 0 Å². The average molecular weight is 468 g/mol. The Kier molecular flexibility index (Phi) is 5.23. The number of H-pyrrole nitrogens is 1. The van der Waals surface area contributed by atoms with Crippen LogP contribution in [0.3, 0.4) is 0 Å². The zero-order valence-electron chi connectivity index (χ0n) is 18.2. The Morgan fingerprint density at radius 2 is 1.94 bits per heavy atom. The van der Waals surface area contributed by atoms with Gasteiger partial charge in [-0.1, -0.05) is 11.2 Å². The minimum Gasteiger partial charge on any atom is -0.459 e. The highest BCUT2D eigenvalue weighted by Crippen LogP contribution is 2.28. The Balaban J connectivity index is 1.45. The Morgan fingerprint density at radius 3 is 2.66 bits per heavy atom. The van der Waals surface area contributed by atoms with Crippen molar-refractivity contribution in [1.29, 1.82) is 5.26 Å². The largest absolute Gasteiger partial charge is 0.459 e. The number of fused-ring (bicyclic) bond motifs is 1. The molecule has 0 saturated heterocycles. The second-order valence-corrected chi connectivity index (χ2v) is 7.56. The van der Waals surface area contributed by atoms with E-state index in [4.69, 9.17) is 4.42 Å². The fourth-order valence-electron chi connectivity index (χ4n) is 3.68. The molecule has 11 nitrogen and oxygen atoms in total. The summed E-state index contributed by atoms with van der Waals surface area (Å²) >= 11 is 0. The summed E-state index contributed by atoms with van der Waals surface area (Å²) in [6.07, 6.45) is 1.42. The Morgan fingerprint density at radius 1 is 1.09 bits per heavy atom. The second-order valence-electron chi connectivity index (χ2n) is 7.56. The number of nitrogens with zero attached hydrogens (tertiary/aromatic N) is 3. The number of nitrogens with one attached hydrogen (secondary N) is 3. The topological polar surface area (TPSA) is 159 Å². The van der Waals surface area contributed by atoms with Crippen LogP contribution in [0.5, 0.6) is 0 Å². The van der Waals surface area contributed by atoms with Crippen molar-refractivity contribution in [2.45, 2.75) is 0 Å². The minimum atomic E-state index is -0.761. The molecule has 0 unspecified atom stereocenters. The number of hydrogen-bond donors (Lipinski definition) is 3. The maximum Gasteiger partial charge on any atom is 0.439 e.